The molecule has 5 aromatic carbocycles. The van der Waals surface area contributed by atoms with Crippen molar-refractivity contribution in [2.45, 2.75) is 19.6 Å². The maximum absolute atomic E-state index is 14.2. The molecular weight excluding hydrogens is 593 g/mol. The lowest BCUT2D eigenvalue weighted by Crippen LogP contribution is -2.39. The first kappa shape index (κ1) is 29.2. The maximum atomic E-state index is 14.2. The van der Waals surface area contributed by atoms with Gasteiger partial charge in [0.05, 0.1) is 28.5 Å². The van der Waals surface area contributed by atoms with Gasteiger partial charge in [-0.2, -0.15) is 0 Å². The molecule has 1 aliphatic heterocycles. The average molecular weight is 623 g/mol. The summed E-state index contributed by atoms with van der Waals surface area (Å²) >= 11 is 1.30. The Morgan fingerprint density at radius 1 is 0.870 bits per heavy atom. The third-order valence-corrected chi connectivity index (χ3v) is 8.90. The first-order chi connectivity index (χ1) is 22.6. The van der Waals surface area contributed by atoms with Crippen molar-refractivity contribution in [3.63, 3.8) is 0 Å². The molecule has 6 aromatic rings. The number of fused-ring (bicyclic) bond motifs is 2. The fraction of sp³-hybridized carbons (Fsp3) is 0.103. The van der Waals surface area contributed by atoms with Gasteiger partial charge in [0, 0.05) is 5.56 Å². The van der Waals surface area contributed by atoms with Gasteiger partial charge in [-0.15, -0.1) is 0 Å². The van der Waals surface area contributed by atoms with E-state index >= 15 is 0 Å². The Kier molecular flexibility index (Phi) is 8.14. The number of rotatable bonds is 8. The minimum absolute atomic E-state index is 0.204. The van der Waals surface area contributed by atoms with Crippen LogP contribution in [0.15, 0.2) is 143 Å². The molecule has 1 aliphatic rings. The predicted octanol–water partition coefficient (Wildman–Crippen LogP) is 6.67. The Labute approximate surface area is 269 Å². The van der Waals surface area contributed by atoms with Gasteiger partial charge in [0.1, 0.15) is 12.4 Å². The summed E-state index contributed by atoms with van der Waals surface area (Å²) in [7, 11) is 0. The highest BCUT2D eigenvalue weighted by Gasteiger charge is 2.35. The highest BCUT2D eigenvalue weighted by molar-refractivity contribution is 7.07. The molecule has 0 fully saturated rings. The second-order valence-electron chi connectivity index (χ2n) is 10.8. The molecule has 6 nitrogen and oxygen atoms in total. The van der Waals surface area contributed by atoms with Gasteiger partial charge in [-0.3, -0.25) is 9.36 Å². The van der Waals surface area contributed by atoms with Gasteiger partial charge in [0.2, 0.25) is 0 Å². The molecule has 0 radical (unpaired) electrons. The van der Waals surface area contributed by atoms with Crippen LogP contribution in [0.3, 0.4) is 0 Å². The van der Waals surface area contributed by atoms with Crippen LogP contribution >= 0.6 is 11.3 Å². The molecule has 7 rings (SSSR count). The van der Waals surface area contributed by atoms with Crippen LogP contribution < -0.4 is 19.6 Å². The quantitative estimate of drug-likeness (QED) is 0.178. The minimum atomic E-state index is -0.704. The largest absolute Gasteiger partial charge is 0.489 e. The summed E-state index contributed by atoms with van der Waals surface area (Å²) in [5.74, 6) is 0.205. The summed E-state index contributed by atoms with van der Waals surface area (Å²) in [6.07, 6.45) is 1.85. The lowest BCUT2D eigenvalue weighted by Gasteiger charge is -2.25. The van der Waals surface area contributed by atoms with Gasteiger partial charge in [0.15, 0.2) is 4.80 Å². The fourth-order valence-corrected chi connectivity index (χ4v) is 6.82. The summed E-state index contributed by atoms with van der Waals surface area (Å²) in [5.41, 5.74) is 4.11. The molecule has 0 saturated carbocycles. The first-order valence-electron chi connectivity index (χ1n) is 15.1. The van der Waals surface area contributed by atoms with E-state index in [9.17, 15) is 9.59 Å². The number of ether oxygens (including phenoxy) is 2. The smallest absolute Gasteiger partial charge is 0.338 e. The Bertz CT molecular complexity index is 2270. The Morgan fingerprint density at radius 2 is 1.59 bits per heavy atom. The topological polar surface area (TPSA) is 69.9 Å². The van der Waals surface area contributed by atoms with Crippen molar-refractivity contribution < 1.29 is 14.3 Å². The SMILES string of the molecule is CCOC(=O)C1=C(c2ccccc2)N=c2s/c(=C\c3cccc(OCc4cccc5ccccc45)c3)c(=O)n2[C@@H]1c1ccccc1. The van der Waals surface area contributed by atoms with Crippen LogP contribution in [-0.4, -0.2) is 17.1 Å². The van der Waals surface area contributed by atoms with E-state index in [1.807, 2.05) is 109 Å². The van der Waals surface area contributed by atoms with Crippen LogP contribution in [0.4, 0.5) is 0 Å². The number of carbonyl (C=O) groups is 1. The summed E-state index contributed by atoms with van der Waals surface area (Å²) in [5, 5.41) is 2.33. The summed E-state index contributed by atoms with van der Waals surface area (Å²) < 4.78 is 13.9. The molecule has 226 valence electrons. The number of hydrogen-bond donors (Lipinski definition) is 0. The van der Waals surface area contributed by atoms with Crippen molar-refractivity contribution >= 4 is 39.9 Å². The van der Waals surface area contributed by atoms with E-state index in [-0.39, 0.29) is 12.2 Å². The van der Waals surface area contributed by atoms with Crippen molar-refractivity contribution in [1.82, 2.24) is 4.57 Å². The van der Waals surface area contributed by atoms with E-state index in [2.05, 4.69) is 24.3 Å². The Balaban J connectivity index is 1.31. The molecule has 0 spiro atoms. The average Bonchev–Trinajstić information content (AvgIpc) is 3.41. The monoisotopic (exact) mass is 622 g/mol. The second kappa shape index (κ2) is 12.8. The van der Waals surface area contributed by atoms with E-state index in [4.69, 9.17) is 14.5 Å². The number of aromatic nitrogens is 1. The molecule has 0 N–H and O–H groups in total. The van der Waals surface area contributed by atoms with Crippen LogP contribution in [-0.2, 0) is 16.1 Å². The summed E-state index contributed by atoms with van der Waals surface area (Å²) in [6.45, 7) is 2.39. The molecular formula is C39H30N2O4S. The Hall–Kier alpha value is -5.53. The molecule has 0 aliphatic carbocycles. The van der Waals surface area contributed by atoms with E-state index < -0.39 is 12.0 Å². The van der Waals surface area contributed by atoms with E-state index in [0.717, 1.165) is 27.6 Å². The van der Waals surface area contributed by atoms with Crippen LogP contribution in [0.2, 0.25) is 0 Å². The molecule has 46 heavy (non-hydrogen) atoms. The van der Waals surface area contributed by atoms with Crippen molar-refractivity contribution in [1.29, 1.82) is 0 Å². The van der Waals surface area contributed by atoms with Crippen LogP contribution in [0, 0.1) is 0 Å². The third-order valence-electron chi connectivity index (χ3n) is 7.92. The summed E-state index contributed by atoms with van der Waals surface area (Å²) in [4.78, 5) is 33.2. The summed E-state index contributed by atoms with van der Waals surface area (Å²) in [6, 6.07) is 40.6. The van der Waals surface area contributed by atoms with Crippen LogP contribution in [0.5, 0.6) is 5.75 Å². The number of esters is 1. The van der Waals surface area contributed by atoms with Crippen molar-refractivity contribution in [2.75, 3.05) is 6.61 Å². The van der Waals surface area contributed by atoms with Gasteiger partial charge in [-0.1, -0.05) is 127 Å². The van der Waals surface area contributed by atoms with Crippen molar-refractivity contribution in [2.24, 2.45) is 4.99 Å². The standard InChI is InChI=1S/C39H30N2O4S/c1-2-44-38(43)34-35(28-15-5-3-6-16-28)40-39-41(36(34)29-17-7-4-8-18-29)37(42)33(46-39)24-26-13-11-21-31(23-26)45-25-30-20-12-19-27-14-9-10-22-32(27)30/h3-24,36H,2,25H2,1H3/b33-24-/t36-/m1/s1. The number of hydrogen-bond acceptors (Lipinski definition) is 6. The van der Waals surface area contributed by atoms with Gasteiger partial charge < -0.3 is 9.47 Å². The van der Waals surface area contributed by atoms with E-state index in [0.29, 0.717) is 33.0 Å². The molecule has 0 unspecified atom stereocenters. The molecule has 0 amide bonds. The normalized spacial score (nSPS) is 14.5. The number of benzene rings is 5. The highest BCUT2D eigenvalue weighted by Crippen LogP contribution is 2.35. The van der Waals surface area contributed by atoms with E-state index in [1.54, 1.807) is 11.5 Å². The van der Waals surface area contributed by atoms with Gasteiger partial charge in [0.25, 0.3) is 5.56 Å². The van der Waals surface area contributed by atoms with Crippen molar-refractivity contribution in [3.05, 3.63) is 175 Å². The van der Waals surface area contributed by atoms with Crippen LogP contribution in [0.1, 0.15) is 35.2 Å². The molecule has 0 bridgehead atoms. The zero-order valence-corrected chi connectivity index (χ0v) is 25.9. The Morgan fingerprint density at radius 3 is 2.39 bits per heavy atom. The van der Waals surface area contributed by atoms with E-state index in [1.165, 1.54) is 16.7 Å². The second-order valence-corrected chi connectivity index (χ2v) is 11.9. The minimum Gasteiger partial charge on any atom is -0.489 e. The predicted molar refractivity (Wildman–Crippen MR) is 182 cm³/mol. The zero-order chi connectivity index (χ0) is 31.5. The first-order valence-corrected chi connectivity index (χ1v) is 16.0. The molecule has 1 aromatic heterocycles. The number of thiazole rings is 1. The lowest BCUT2D eigenvalue weighted by molar-refractivity contribution is -0.138. The van der Waals surface area contributed by atoms with Crippen molar-refractivity contribution in [3.8, 4) is 5.75 Å². The number of nitrogens with zero attached hydrogens (tertiary/aromatic N) is 2. The zero-order valence-electron chi connectivity index (χ0n) is 25.1. The van der Waals surface area contributed by atoms with Gasteiger partial charge in [-0.05, 0) is 52.6 Å². The molecule has 1 atom stereocenters. The molecule has 2 heterocycles. The number of carbonyl (C=O) groups excluding carboxylic acids is 1. The maximum Gasteiger partial charge on any atom is 0.338 e. The molecule has 7 heteroatoms. The van der Waals surface area contributed by atoms with Gasteiger partial charge >= 0.3 is 5.97 Å². The lowest BCUT2D eigenvalue weighted by atomic mass is 9.93. The van der Waals surface area contributed by atoms with Crippen LogP contribution in [0.25, 0.3) is 22.5 Å². The van der Waals surface area contributed by atoms with Gasteiger partial charge in [-0.25, -0.2) is 9.79 Å². The molecule has 0 saturated heterocycles. The highest BCUT2D eigenvalue weighted by atomic mass is 32.1. The third kappa shape index (κ3) is 5.69. The fourth-order valence-electron chi connectivity index (χ4n) is 5.82.